The second-order valence-corrected chi connectivity index (χ2v) is 9.22. The van der Waals surface area contributed by atoms with Gasteiger partial charge in [0.05, 0.1) is 31.5 Å². The predicted octanol–water partition coefficient (Wildman–Crippen LogP) is 2.07. The zero-order valence-corrected chi connectivity index (χ0v) is 24.3. The minimum atomic E-state index is -0.834. The van der Waals surface area contributed by atoms with E-state index in [4.69, 9.17) is 9.47 Å². The number of anilines is 2. The number of hydrogen-bond acceptors (Lipinski definition) is 8. The fraction of sp³-hybridized carbons (Fsp3) is 0.500. The van der Waals surface area contributed by atoms with Gasteiger partial charge in [-0.2, -0.15) is 0 Å². The molecular weight excluding hydrogens is 555 g/mol. The monoisotopic (exact) mass is 592 g/mol. The van der Waals surface area contributed by atoms with Crippen molar-refractivity contribution >= 4 is 54.5 Å². The van der Waals surface area contributed by atoms with Crippen LogP contribution in [-0.2, 0) is 4.74 Å². The van der Waals surface area contributed by atoms with Gasteiger partial charge in [-0.3, -0.25) is 9.69 Å². The standard InChI is InChI=1S/C26H36N4O5.3ClH/c1-28(2)19-10-8-18(9-11-19)26(33)27-16-22-24(25(32)23(17-31)35-22)30-14-12-29(13-15-30)20-6-4-5-7-21(20)34-3;;;/h4-11,22-25,31-32H,12-17H2,1-3H3,(H,27,33);3*1H/t22-,23+,24+,25-;;;/m1.../s1. The van der Waals surface area contributed by atoms with E-state index in [0.29, 0.717) is 5.56 Å². The third kappa shape index (κ3) is 7.57. The van der Waals surface area contributed by atoms with Crippen LogP contribution in [0, 0.1) is 0 Å². The van der Waals surface area contributed by atoms with Crippen LogP contribution in [0.4, 0.5) is 11.4 Å². The normalized spacial score (nSPS) is 22.9. The predicted molar refractivity (Wildman–Crippen MR) is 157 cm³/mol. The van der Waals surface area contributed by atoms with Gasteiger partial charge in [0.1, 0.15) is 18.0 Å². The average Bonchev–Trinajstić information content (AvgIpc) is 3.22. The van der Waals surface area contributed by atoms with Crippen molar-refractivity contribution in [3.05, 3.63) is 54.1 Å². The van der Waals surface area contributed by atoms with Crippen LogP contribution in [0.1, 0.15) is 10.4 Å². The Balaban J connectivity index is 0.00000241. The highest BCUT2D eigenvalue weighted by molar-refractivity contribution is 5.94. The first-order valence-electron chi connectivity index (χ1n) is 12.0. The molecule has 4 rings (SSSR count). The molecule has 12 heteroatoms. The van der Waals surface area contributed by atoms with Crippen molar-refractivity contribution in [2.75, 3.05) is 70.3 Å². The molecule has 2 aromatic rings. The van der Waals surface area contributed by atoms with E-state index in [1.54, 1.807) is 19.2 Å². The number of carbonyl (C=O) groups excluding carboxylic acids is 1. The second-order valence-electron chi connectivity index (χ2n) is 9.22. The molecule has 0 unspecified atom stereocenters. The van der Waals surface area contributed by atoms with Crippen molar-refractivity contribution in [1.82, 2.24) is 10.2 Å². The van der Waals surface area contributed by atoms with Gasteiger partial charge in [0.15, 0.2) is 0 Å². The van der Waals surface area contributed by atoms with Gasteiger partial charge in [0.25, 0.3) is 5.91 Å². The number of nitrogens with zero attached hydrogens (tertiary/aromatic N) is 3. The average molecular weight is 594 g/mol. The van der Waals surface area contributed by atoms with Crippen LogP contribution in [0.3, 0.4) is 0 Å². The Kier molecular flexibility index (Phi) is 14.0. The van der Waals surface area contributed by atoms with Crippen LogP contribution in [0.15, 0.2) is 48.5 Å². The van der Waals surface area contributed by atoms with Crippen molar-refractivity contribution in [3.63, 3.8) is 0 Å². The molecule has 38 heavy (non-hydrogen) atoms. The number of methoxy groups -OCH3 is 1. The number of para-hydroxylation sites is 2. The first-order valence-corrected chi connectivity index (χ1v) is 12.0. The van der Waals surface area contributed by atoms with Crippen LogP contribution < -0.4 is 19.9 Å². The molecule has 2 heterocycles. The summed E-state index contributed by atoms with van der Waals surface area (Å²) in [5.74, 6) is 0.644. The Bertz CT molecular complexity index is 993. The number of ether oxygens (including phenoxy) is 2. The van der Waals surface area contributed by atoms with E-state index >= 15 is 0 Å². The number of nitrogens with one attached hydrogen (secondary N) is 1. The van der Waals surface area contributed by atoms with E-state index in [0.717, 1.165) is 43.3 Å². The lowest BCUT2D eigenvalue weighted by molar-refractivity contribution is -0.0209. The highest BCUT2D eigenvalue weighted by Crippen LogP contribution is 2.31. The number of amides is 1. The summed E-state index contributed by atoms with van der Waals surface area (Å²) in [6, 6.07) is 15.0. The van der Waals surface area contributed by atoms with Gasteiger partial charge in [-0.1, -0.05) is 12.1 Å². The Morgan fingerprint density at radius 3 is 2.24 bits per heavy atom. The molecule has 0 aliphatic carbocycles. The van der Waals surface area contributed by atoms with Crippen LogP contribution in [-0.4, -0.2) is 106 Å². The van der Waals surface area contributed by atoms with Gasteiger partial charge in [0, 0.05) is 58.1 Å². The summed E-state index contributed by atoms with van der Waals surface area (Å²) in [4.78, 5) is 19.2. The van der Waals surface area contributed by atoms with Gasteiger partial charge in [0.2, 0.25) is 0 Å². The molecule has 4 atom stereocenters. The molecule has 2 fully saturated rings. The molecule has 2 aromatic carbocycles. The largest absolute Gasteiger partial charge is 0.495 e. The molecule has 2 saturated heterocycles. The third-order valence-corrected chi connectivity index (χ3v) is 6.91. The van der Waals surface area contributed by atoms with Gasteiger partial charge < -0.3 is 34.8 Å². The number of aliphatic hydroxyl groups excluding tert-OH is 2. The fourth-order valence-electron chi connectivity index (χ4n) is 4.95. The van der Waals surface area contributed by atoms with Crippen LogP contribution in [0.5, 0.6) is 5.75 Å². The Morgan fingerprint density at radius 1 is 1.03 bits per heavy atom. The summed E-state index contributed by atoms with van der Waals surface area (Å²) in [6.45, 7) is 2.96. The topological polar surface area (TPSA) is 97.7 Å². The second kappa shape index (κ2) is 15.6. The van der Waals surface area contributed by atoms with Crippen molar-refractivity contribution in [1.29, 1.82) is 0 Å². The summed E-state index contributed by atoms with van der Waals surface area (Å²) >= 11 is 0. The Morgan fingerprint density at radius 2 is 1.66 bits per heavy atom. The number of halogens is 3. The number of benzene rings is 2. The van der Waals surface area contributed by atoms with E-state index in [1.807, 2.05) is 55.4 Å². The summed E-state index contributed by atoms with van der Waals surface area (Å²) in [7, 11) is 5.57. The number of rotatable bonds is 8. The molecule has 2 aliphatic rings. The highest BCUT2D eigenvalue weighted by atomic mass is 35.5. The van der Waals surface area contributed by atoms with Gasteiger partial charge >= 0.3 is 0 Å². The number of piperazine rings is 1. The number of hydrogen-bond donors (Lipinski definition) is 3. The maximum Gasteiger partial charge on any atom is 0.251 e. The maximum atomic E-state index is 12.7. The van der Waals surface area contributed by atoms with E-state index in [1.165, 1.54) is 0 Å². The van der Waals surface area contributed by atoms with E-state index < -0.39 is 18.3 Å². The SMILES string of the molecule is COc1ccccc1N1CCN([C@@H]2[C@H](O)[C@H](CO)O[C@@H]2CNC(=O)c2ccc(N(C)C)cc2)CC1.Cl.Cl.Cl. The summed E-state index contributed by atoms with van der Waals surface area (Å²) in [5.41, 5.74) is 2.63. The summed E-state index contributed by atoms with van der Waals surface area (Å²) < 4.78 is 11.5. The maximum absolute atomic E-state index is 12.7. The summed E-state index contributed by atoms with van der Waals surface area (Å²) in [6.07, 6.45) is -1.93. The molecular formula is C26H39Cl3N4O5. The van der Waals surface area contributed by atoms with Crippen molar-refractivity contribution in [3.8, 4) is 5.75 Å². The molecule has 1 amide bonds. The van der Waals surface area contributed by atoms with Crippen LogP contribution in [0.25, 0.3) is 0 Å². The molecule has 3 N–H and O–H groups in total. The minimum absolute atomic E-state index is 0. The zero-order chi connectivity index (χ0) is 24.9. The van der Waals surface area contributed by atoms with Crippen molar-refractivity contribution < 1.29 is 24.5 Å². The van der Waals surface area contributed by atoms with E-state index in [9.17, 15) is 15.0 Å². The Labute approximate surface area is 243 Å². The van der Waals surface area contributed by atoms with Crippen molar-refractivity contribution in [2.24, 2.45) is 0 Å². The first kappa shape index (κ1) is 34.0. The fourth-order valence-corrected chi connectivity index (χ4v) is 4.95. The molecule has 214 valence electrons. The molecule has 0 saturated carbocycles. The lowest BCUT2D eigenvalue weighted by Crippen LogP contribution is -2.57. The molecule has 0 aromatic heterocycles. The molecule has 0 radical (unpaired) electrons. The zero-order valence-electron chi connectivity index (χ0n) is 21.9. The summed E-state index contributed by atoms with van der Waals surface area (Å²) in [5, 5.41) is 23.6. The number of aliphatic hydroxyl groups is 2. The quantitative estimate of drug-likeness (QED) is 0.428. The molecule has 2 aliphatic heterocycles. The smallest absolute Gasteiger partial charge is 0.251 e. The van der Waals surface area contributed by atoms with E-state index in [2.05, 4.69) is 15.1 Å². The first-order chi connectivity index (χ1) is 16.9. The molecule has 0 spiro atoms. The lowest BCUT2D eigenvalue weighted by Gasteiger charge is -2.41. The highest BCUT2D eigenvalue weighted by Gasteiger charge is 2.46. The van der Waals surface area contributed by atoms with Gasteiger partial charge in [-0.25, -0.2) is 0 Å². The molecule has 9 nitrogen and oxygen atoms in total. The molecule has 0 bridgehead atoms. The Hall–Kier alpha value is -1.98. The third-order valence-electron chi connectivity index (χ3n) is 6.91. The van der Waals surface area contributed by atoms with E-state index in [-0.39, 0.29) is 62.3 Å². The van der Waals surface area contributed by atoms with Gasteiger partial charge in [-0.05, 0) is 36.4 Å². The minimum Gasteiger partial charge on any atom is -0.495 e. The van der Waals surface area contributed by atoms with Crippen LogP contribution in [0.2, 0.25) is 0 Å². The van der Waals surface area contributed by atoms with Crippen molar-refractivity contribution in [2.45, 2.75) is 24.4 Å². The van der Waals surface area contributed by atoms with Crippen LogP contribution >= 0.6 is 37.2 Å². The lowest BCUT2D eigenvalue weighted by atomic mass is 10.0. The van der Waals surface area contributed by atoms with Gasteiger partial charge in [-0.15, -0.1) is 37.2 Å². The number of carbonyl (C=O) groups is 1.